The fourth-order valence-electron chi connectivity index (χ4n) is 13.0. The lowest BCUT2D eigenvalue weighted by Gasteiger charge is -2.37. The molecule has 35 nitrogen and oxygen atoms in total. The number of pyridine rings is 2. The lowest BCUT2D eigenvalue weighted by molar-refractivity contribution is -0.870. The quantitative estimate of drug-likeness (QED) is 0.00963. The molecule has 1 fully saturated rings. The Labute approximate surface area is 677 Å². The minimum atomic E-state index is -5.19. The summed E-state index contributed by atoms with van der Waals surface area (Å²) in [6.45, 7) is 10.5. The number of likely N-dealkylation sites (tertiary alicyclic amines) is 1. The third-order valence-corrected chi connectivity index (χ3v) is 20.3. The van der Waals surface area contributed by atoms with E-state index < -0.39 is 136 Å². The number of alkyl halides is 3. The van der Waals surface area contributed by atoms with Crippen molar-refractivity contribution in [2.24, 2.45) is 5.92 Å². The number of urea groups is 3. The highest BCUT2D eigenvalue weighted by Crippen LogP contribution is 2.43. The molecule has 5 atom stereocenters. The first-order valence-corrected chi connectivity index (χ1v) is 39.6. The van der Waals surface area contributed by atoms with Crippen LogP contribution in [0.2, 0.25) is 0 Å². The molecule has 9 rings (SSSR count). The second-order valence-corrected chi connectivity index (χ2v) is 30.7. The number of aromatic nitrogens is 2. The van der Waals surface area contributed by atoms with Crippen LogP contribution < -0.4 is 57.9 Å². The molecule has 9 amide bonds. The predicted octanol–water partition coefficient (Wildman–Crippen LogP) is 5.68. The smallest absolute Gasteiger partial charge is 0.430 e. The van der Waals surface area contributed by atoms with Gasteiger partial charge in [-0.3, -0.25) is 33.5 Å². The summed E-state index contributed by atoms with van der Waals surface area (Å²) in [5.74, 6) is -9.59. The number of nitrogens with zero attached hydrogens (tertiary/aromatic N) is 4. The third-order valence-electron chi connectivity index (χ3n) is 18.9. The van der Waals surface area contributed by atoms with Crippen molar-refractivity contribution in [3.05, 3.63) is 141 Å². The van der Waals surface area contributed by atoms with Gasteiger partial charge in [-0.2, -0.15) is 13.2 Å². The van der Waals surface area contributed by atoms with Gasteiger partial charge in [-0.05, 0) is 116 Å². The van der Waals surface area contributed by atoms with Gasteiger partial charge < -0.3 is 99.9 Å². The van der Waals surface area contributed by atoms with Gasteiger partial charge in [-0.25, -0.2) is 37.4 Å². The zero-order valence-corrected chi connectivity index (χ0v) is 67.2. The number of anilines is 4. The maximum atomic E-state index is 14.6. The number of fused-ring (bicyclic) bond motifs is 5. The number of benzene rings is 4. The summed E-state index contributed by atoms with van der Waals surface area (Å²) in [5.41, 5.74) is 2.78. The molecule has 3 aliphatic heterocycles. The van der Waals surface area contributed by atoms with Crippen LogP contribution in [-0.2, 0) is 102 Å². The summed E-state index contributed by atoms with van der Waals surface area (Å²) >= 11 is 0. The lowest BCUT2D eigenvalue weighted by atomic mass is 9.85. The average molecular weight is 1670 g/mol. The Kier molecular flexibility index (Phi) is 32.5. The Hall–Kier alpha value is -11.8. The van der Waals surface area contributed by atoms with Crippen molar-refractivity contribution >= 4 is 109 Å². The Morgan fingerprint density at radius 3 is 1.99 bits per heavy atom. The maximum Gasteiger partial charge on any atom is 0.430 e. The normalized spacial score (nSPS) is 15.5. The van der Waals surface area contributed by atoms with Crippen molar-refractivity contribution in [1.82, 2.24) is 41.0 Å². The number of para-hydroxylation sites is 1. The molecule has 5 heterocycles. The van der Waals surface area contributed by atoms with E-state index in [2.05, 4.69) is 47.3 Å². The van der Waals surface area contributed by atoms with E-state index in [4.69, 9.17) is 43.3 Å². The number of esters is 3. The van der Waals surface area contributed by atoms with Crippen LogP contribution in [0.25, 0.3) is 22.3 Å². The largest absolute Gasteiger partial charge is 0.542 e. The van der Waals surface area contributed by atoms with Crippen molar-refractivity contribution in [2.75, 3.05) is 114 Å². The second kappa shape index (κ2) is 41.8. The van der Waals surface area contributed by atoms with E-state index in [1.807, 2.05) is 59.3 Å². The molecule has 4 aromatic carbocycles. The van der Waals surface area contributed by atoms with Crippen molar-refractivity contribution in [3.8, 4) is 11.4 Å². The fraction of sp³-hybridized carbons (Fsp3) is 0.456. The summed E-state index contributed by atoms with van der Waals surface area (Å²) in [6.07, 6.45) is -4.74. The summed E-state index contributed by atoms with van der Waals surface area (Å²) < 4.78 is 97.0. The van der Waals surface area contributed by atoms with Gasteiger partial charge >= 0.3 is 48.1 Å². The molecular formula is C79H98F3N13O22S. The van der Waals surface area contributed by atoms with E-state index in [0.717, 1.165) is 22.0 Å². The molecule has 0 spiro atoms. The van der Waals surface area contributed by atoms with E-state index in [0.29, 0.717) is 59.6 Å². The molecule has 10 N–H and O–H groups in total. The number of likely N-dealkylation sites (N-methyl/N-ethyl adjacent to an activating group) is 1. The van der Waals surface area contributed by atoms with Crippen LogP contribution in [0.5, 0.6) is 0 Å². The number of ether oxygens (including phenoxy) is 6. The molecule has 0 bridgehead atoms. The number of hydrogen-bond acceptors (Lipinski definition) is 22. The highest BCUT2D eigenvalue weighted by Gasteiger charge is 2.52. The number of carbonyl (C=O) groups excluding carboxylic acids is 10. The SMILES string of the molecule is CCCNC(=O)Nc1cccc(S(=O)(=O)Nc2cccc([C@@H](CC(=O)O)NC(=O)Nc3ccc(NC(=O)NCCOCCOCCOCCC(=O)N[C@@H](CC(=O)OCC[N+](C)(C)C)C(=O)N4CCC[C@H]4C(=O)N[C@H](C(=O)O[C@]4(CC)C(=O)OCc5c4cc4n(c5=O)Cc5c-4nc4ccccc4c5CC)C(C)C)cc3)c2)c1.O=C([O-])C(F)(F)F. The van der Waals surface area contributed by atoms with Gasteiger partial charge in [-0.1, -0.05) is 71.0 Å². The molecule has 0 aliphatic carbocycles. The number of sulfonamides is 1. The van der Waals surface area contributed by atoms with Gasteiger partial charge in [0, 0.05) is 65.3 Å². The summed E-state index contributed by atoms with van der Waals surface area (Å²) in [7, 11) is 1.55. The molecule has 39 heteroatoms. The Morgan fingerprint density at radius 1 is 0.729 bits per heavy atom. The molecule has 3 aliphatic rings. The van der Waals surface area contributed by atoms with Gasteiger partial charge in [-0.15, -0.1) is 0 Å². The number of hydrogen-bond donors (Lipinski definition) is 10. The van der Waals surface area contributed by atoms with E-state index in [1.165, 1.54) is 77.7 Å². The number of carboxylic acid groups (broad SMARTS) is 2. The number of rotatable bonds is 38. The van der Waals surface area contributed by atoms with Crippen molar-refractivity contribution < 1.29 is 117 Å². The average Bonchev–Trinajstić information content (AvgIpc) is 1.51. The third kappa shape index (κ3) is 25.4. The van der Waals surface area contributed by atoms with E-state index >= 15 is 0 Å². The zero-order chi connectivity index (χ0) is 86.2. The minimum Gasteiger partial charge on any atom is -0.542 e. The first-order chi connectivity index (χ1) is 55.9. The summed E-state index contributed by atoms with van der Waals surface area (Å²) in [5, 5.41) is 40.7. The van der Waals surface area contributed by atoms with Gasteiger partial charge in [0.2, 0.25) is 23.3 Å². The molecule has 1 saturated heterocycles. The molecule has 0 unspecified atom stereocenters. The molecule has 638 valence electrons. The van der Waals surface area contributed by atoms with E-state index in [-0.39, 0.29) is 125 Å². The number of amides is 9. The maximum absolute atomic E-state index is 14.6. The monoisotopic (exact) mass is 1670 g/mol. The Balaban J connectivity index is 0.00000237. The van der Waals surface area contributed by atoms with Gasteiger partial charge in [0.05, 0.1) is 114 Å². The summed E-state index contributed by atoms with van der Waals surface area (Å²) in [6, 6.07) is 20.0. The first-order valence-electron chi connectivity index (χ1n) is 38.1. The van der Waals surface area contributed by atoms with Crippen LogP contribution in [0.4, 0.5) is 50.3 Å². The van der Waals surface area contributed by atoms with Crippen LogP contribution in [-0.4, -0.2) is 216 Å². The number of aliphatic carboxylic acids is 2. The fourth-order valence-corrected chi connectivity index (χ4v) is 14.1. The van der Waals surface area contributed by atoms with Crippen molar-refractivity contribution in [1.29, 1.82) is 0 Å². The molecule has 118 heavy (non-hydrogen) atoms. The number of nitrogens with one attached hydrogen (secondary N) is 9. The highest BCUT2D eigenvalue weighted by atomic mass is 32.2. The molecule has 2 aromatic heterocycles. The predicted molar refractivity (Wildman–Crippen MR) is 419 cm³/mol. The van der Waals surface area contributed by atoms with Crippen LogP contribution in [0.3, 0.4) is 0 Å². The number of aryl methyl sites for hydroxylation is 1. The highest BCUT2D eigenvalue weighted by molar-refractivity contribution is 7.92. The standard InChI is InChI=1S/C77H97N13O20S.C2HF3O2/c1-9-29-78-74(100)82-51-18-15-20-53(41-51)111(103,104)87-52-19-14-17-48(40-52)60(43-65(92)93)85-76(102)81-50-26-24-49(25-27-50)80-75(101)79-30-34-106-37-39-107-38-36-105-33-28-64(91)83-61(44-66(94)108-35-32-90(6,7)8)71(97)88-31-16-23-62(88)69(95)86-67(47(4)5)72(98)110-77(11-3)58-42-63-68-56(45-89(63)70(96)57(58)46-109-73(77)99)54(10-2)55-21-12-13-22-59(55)84-68;3-2(4,5)1(6)7/h12-15,17-22,24-27,40-42,47,60-62,67,87H,9-11,16,23,28-39,43-46H2,1-8H3,(H8-,78,79,80,81,82,83,84,85,86,91,92,93,95,96,100,101,102);(H,6,7)/t60-,61+,62+,67+,77+;/m1./s1. The topological polar surface area (TPSA) is 467 Å². The molecule has 0 radical (unpaired) electrons. The second-order valence-electron chi connectivity index (χ2n) is 29.0. The van der Waals surface area contributed by atoms with Crippen molar-refractivity contribution in [3.63, 3.8) is 0 Å². The number of quaternary nitrogens is 1. The zero-order valence-electron chi connectivity index (χ0n) is 66.4. The van der Waals surface area contributed by atoms with Gasteiger partial charge in [0.15, 0.2) is 0 Å². The number of cyclic esters (lactones) is 1. The van der Waals surface area contributed by atoms with E-state index in [1.54, 1.807) is 31.4 Å². The van der Waals surface area contributed by atoms with Crippen LogP contribution in [0, 0.1) is 5.92 Å². The number of carbonyl (C=O) groups is 11. The molecule has 6 aromatic rings. The van der Waals surface area contributed by atoms with Crippen LogP contribution in [0.1, 0.15) is 113 Å². The van der Waals surface area contributed by atoms with Crippen LogP contribution >= 0.6 is 0 Å². The Morgan fingerprint density at radius 2 is 1.36 bits per heavy atom. The molecular weight excluding hydrogens is 1570 g/mol. The van der Waals surface area contributed by atoms with Gasteiger partial charge in [0.1, 0.15) is 43.9 Å². The van der Waals surface area contributed by atoms with Crippen LogP contribution in [0.15, 0.2) is 113 Å². The number of carboxylic acids is 2. The lowest BCUT2D eigenvalue weighted by Crippen LogP contribution is -2.57. The van der Waals surface area contributed by atoms with E-state index in [9.17, 15) is 79.4 Å². The molecule has 0 saturated carbocycles. The van der Waals surface area contributed by atoms with Gasteiger partial charge in [0.25, 0.3) is 15.6 Å². The summed E-state index contributed by atoms with van der Waals surface area (Å²) in [4.78, 5) is 164. The Bertz CT molecular complexity index is 4830. The minimum absolute atomic E-state index is 0.0277. The van der Waals surface area contributed by atoms with Crippen molar-refractivity contribution in [2.45, 2.75) is 140 Å². The number of halogens is 3. The first kappa shape index (κ1) is 91.7.